The van der Waals surface area contributed by atoms with Gasteiger partial charge in [-0.25, -0.2) is 9.78 Å². The van der Waals surface area contributed by atoms with Gasteiger partial charge in [0.2, 0.25) is 5.91 Å². The maximum atomic E-state index is 14.3. The van der Waals surface area contributed by atoms with Gasteiger partial charge in [-0.05, 0) is 98.6 Å². The van der Waals surface area contributed by atoms with E-state index in [1.165, 1.54) is 22.9 Å². The van der Waals surface area contributed by atoms with Gasteiger partial charge in [0.05, 0.1) is 34.9 Å². The summed E-state index contributed by atoms with van der Waals surface area (Å²) >= 11 is 1.57. The molecule has 1 aromatic heterocycles. The average molecular weight is 767 g/mol. The first kappa shape index (κ1) is 38.3. The van der Waals surface area contributed by atoms with E-state index in [2.05, 4.69) is 47.0 Å². The minimum atomic E-state index is -4.52. The molecule has 11 nitrogen and oxygen atoms in total. The summed E-state index contributed by atoms with van der Waals surface area (Å²) in [5, 5.41) is 11.8. The molecule has 5 aliphatic rings. The summed E-state index contributed by atoms with van der Waals surface area (Å²) in [7, 11) is -0.687. The Morgan fingerprint density at radius 2 is 1.85 bits per heavy atom. The van der Waals surface area contributed by atoms with Crippen LogP contribution in [0.25, 0.3) is 0 Å². The van der Waals surface area contributed by atoms with Crippen LogP contribution in [0.15, 0.2) is 64.4 Å². The van der Waals surface area contributed by atoms with Crippen LogP contribution in [0, 0.1) is 17.3 Å². The van der Waals surface area contributed by atoms with E-state index < -0.39 is 59.5 Å². The predicted molar refractivity (Wildman–Crippen MR) is 201 cm³/mol. The molecule has 2 aromatic carbocycles. The van der Waals surface area contributed by atoms with Gasteiger partial charge in [0.15, 0.2) is 0 Å². The fourth-order valence-electron chi connectivity index (χ4n) is 9.03. The molecule has 3 amide bonds. The molecule has 0 spiro atoms. The number of fused-ring (bicyclic) bond motifs is 1. The van der Waals surface area contributed by atoms with Crippen LogP contribution in [0.3, 0.4) is 0 Å². The number of carbonyl (C=O) groups excluding carboxylic acids is 2. The highest BCUT2D eigenvalue weighted by atomic mass is 32.2. The first-order chi connectivity index (χ1) is 25.5. The van der Waals surface area contributed by atoms with Crippen LogP contribution in [0.1, 0.15) is 83.3 Å². The second-order valence-corrected chi connectivity index (χ2v) is 16.8. The number of nitrogens with zero attached hydrogens (tertiary/aromatic N) is 2. The van der Waals surface area contributed by atoms with Crippen molar-refractivity contribution in [2.24, 2.45) is 17.3 Å². The van der Waals surface area contributed by atoms with Crippen molar-refractivity contribution in [1.82, 2.24) is 20.2 Å². The van der Waals surface area contributed by atoms with Crippen molar-refractivity contribution in [3.8, 4) is 0 Å². The van der Waals surface area contributed by atoms with E-state index in [-0.39, 0.29) is 36.0 Å². The molecule has 4 N–H and O–H groups in total. The fourth-order valence-corrected chi connectivity index (χ4v) is 9.44. The minimum Gasteiger partial charge on any atom is -0.404 e. The molecule has 54 heavy (non-hydrogen) atoms. The highest BCUT2D eigenvalue weighted by Crippen LogP contribution is 2.65. The molecule has 16 heteroatoms. The molecule has 3 aliphatic carbocycles. The number of alkyl halides is 3. The normalized spacial score (nSPS) is 28.4. The van der Waals surface area contributed by atoms with E-state index in [1.54, 1.807) is 30.8 Å². The molecular formula is C38H46BF3N6O5S. The molecule has 7 atom stereocenters. The molecule has 3 saturated carbocycles. The Hall–Kier alpha value is -4.02. The second kappa shape index (κ2) is 13.9. The highest BCUT2D eigenvalue weighted by Gasteiger charge is 2.68. The van der Waals surface area contributed by atoms with Crippen molar-refractivity contribution in [1.29, 1.82) is 0 Å². The maximum absolute atomic E-state index is 14.3. The third-order valence-electron chi connectivity index (χ3n) is 12.2. The number of urea groups is 1. The molecule has 2 bridgehead atoms. The molecule has 3 heterocycles. The predicted octanol–water partition coefficient (Wildman–Crippen LogP) is 6.74. The summed E-state index contributed by atoms with van der Waals surface area (Å²) in [4.78, 5) is 47.5. The van der Waals surface area contributed by atoms with Crippen molar-refractivity contribution in [3.05, 3.63) is 82.0 Å². The number of hydrogen-bond donors (Lipinski definition) is 4. The first-order valence-corrected chi connectivity index (χ1v) is 19.6. The quantitative estimate of drug-likeness (QED) is 0.132. The van der Waals surface area contributed by atoms with Crippen molar-refractivity contribution in [2.75, 3.05) is 16.9 Å². The van der Waals surface area contributed by atoms with Gasteiger partial charge in [-0.15, -0.1) is 11.8 Å². The van der Waals surface area contributed by atoms with Crippen LogP contribution in [0.5, 0.6) is 0 Å². The van der Waals surface area contributed by atoms with Gasteiger partial charge in [0.1, 0.15) is 17.6 Å². The molecule has 288 valence electrons. The number of aromatic nitrogens is 2. The Morgan fingerprint density at radius 3 is 2.52 bits per heavy atom. The van der Waals surface area contributed by atoms with E-state index in [9.17, 15) is 27.6 Å². The van der Waals surface area contributed by atoms with Gasteiger partial charge < -0.3 is 30.6 Å². The summed E-state index contributed by atoms with van der Waals surface area (Å²) in [6, 6.07) is 10.5. The zero-order valence-electron chi connectivity index (χ0n) is 31.2. The molecule has 8 rings (SSSR count). The fraction of sp³-hybridized carbons (Fsp3) is 0.526. The van der Waals surface area contributed by atoms with E-state index >= 15 is 0 Å². The third-order valence-corrected chi connectivity index (χ3v) is 13.0. The van der Waals surface area contributed by atoms with E-state index in [4.69, 9.17) is 9.31 Å². The lowest BCUT2D eigenvalue weighted by Crippen LogP contribution is -2.65. The Bertz CT molecular complexity index is 2000. The van der Waals surface area contributed by atoms with Crippen molar-refractivity contribution < 1.29 is 32.1 Å². The summed E-state index contributed by atoms with van der Waals surface area (Å²) in [6.07, 6.45) is 1.09. The molecule has 2 aliphatic heterocycles. The van der Waals surface area contributed by atoms with Crippen LogP contribution < -0.4 is 26.8 Å². The van der Waals surface area contributed by atoms with Crippen LogP contribution in [-0.4, -0.2) is 52.5 Å². The van der Waals surface area contributed by atoms with E-state index in [1.807, 2.05) is 25.3 Å². The number of rotatable bonds is 10. The summed E-state index contributed by atoms with van der Waals surface area (Å²) in [5.41, 5.74) is -2.16. The van der Waals surface area contributed by atoms with Gasteiger partial charge in [0, 0.05) is 23.5 Å². The van der Waals surface area contributed by atoms with E-state index in [0.717, 1.165) is 29.9 Å². The minimum absolute atomic E-state index is 0.00190. The molecule has 3 aromatic rings. The van der Waals surface area contributed by atoms with E-state index in [0.29, 0.717) is 29.5 Å². The standard InChI is InChI=1S/C38H46BF3N6O5S/c1-7-30(39-52-29-17-23-16-28(35(23,2)3)37(29,5)53-39)46-31(49)27-18-36(4,47-34(51)45-24-11-13-25(54-6)14-12-24)33-44-20-26(32(50)48(27)33)43-19-21-9-8-10-22(15-21)38(40,41)42/h8-15,20,23,27-30,43H,7,16-19H2,1-6H3,(H,46,49)(H2,45,47,51)/t23-,27-,28-,29+,30-,36+,37-/m0/s1. The first-order valence-electron chi connectivity index (χ1n) is 18.4. The lowest BCUT2D eigenvalue weighted by Gasteiger charge is -2.64. The van der Waals surface area contributed by atoms with Gasteiger partial charge >= 0.3 is 19.3 Å². The summed E-state index contributed by atoms with van der Waals surface area (Å²) in [6.45, 7) is 10.2. The average Bonchev–Trinajstić information content (AvgIpc) is 3.64. The number of carbonyl (C=O) groups is 2. The summed E-state index contributed by atoms with van der Waals surface area (Å²) in [5.74, 6) is 0.0495. The number of amides is 3. The van der Waals surface area contributed by atoms with Crippen LogP contribution in [0.2, 0.25) is 0 Å². The lowest BCUT2D eigenvalue weighted by atomic mass is 9.43. The highest BCUT2D eigenvalue weighted by molar-refractivity contribution is 7.98. The van der Waals surface area contributed by atoms with Crippen LogP contribution in [-0.2, 0) is 32.4 Å². The Balaban J connectivity index is 1.14. The van der Waals surface area contributed by atoms with Crippen molar-refractivity contribution >= 4 is 42.2 Å². The van der Waals surface area contributed by atoms with Crippen molar-refractivity contribution in [2.45, 2.75) is 107 Å². The van der Waals surface area contributed by atoms with Crippen molar-refractivity contribution in [3.63, 3.8) is 0 Å². The zero-order valence-corrected chi connectivity index (χ0v) is 32.0. The van der Waals surface area contributed by atoms with Gasteiger partial charge in [-0.1, -0.05) is 32.9 Å². The van der Waals surface area contributed by atoms with Crippen LogP contribution in [0.4, 0.5) is 29.3 Å². The maximum Gasteiger partial charge on any atom is 0.481 e. The third kappa shape index (κ3) is 6.78. The zero-order chi connectivity index (χ0) is 38.8. The Morgan fingerprint density at radius 1 is 1.11 bits per heavy atom. The smallest absolute Gasteiger partial charge is 0.404 e. The molecular weight excluding hydrogens is 720 g/mol. The SMILES string of the molecule is CC[C@H](NC(=O)[C@@H]1C[C@@](C)(NC(=O)Nc2ccc(SC)cc2)c2ncc(NCc3cccc(C(F)(F)F)c3)c(=O)n21)B1O[C@@H]2C[C@@H]3C[C@@H](C3(C)C)[C@]2(C)O1. The molecule has 4 fully saturated rings. The number of halogens is 3. The monoisotopic (exact) mass is 766 g/mol. The largest absolute Gasteiger partial charge is 0.481 e. The number of benzene rings is 2. The number of nitrogens with one attached hydrogen (secondary N) is 4. The topological polar surface area (TPSA) is 136 Å². The lowest BCUT2D eigenvalue weighted by molar-refractivity contribution is -0.199. The van der Waals surface area contributed by atoms with Gasteiger partial charge in [-0.2, -0.15) is 13.2 Å². The Labute approximate surface area is 317 Å². The number of hydrogen-bond acceptors (Lipinski definition) is 8. The van der Waals surface area contributed by atoms with Gasteiger partial charge in [-0.3, -0.25) is 14.2 Å². The molecule has 1 saturated heterocycles. The summed E-state index contributed by atoms with van der Waals surface area (Å²) < 4.78 is 54.5. The second-order valence-electron chi connectivity index (χ2n) is 15.9. The van der Waals surface area contributed by atoms with Crippen LogP contribution >= 0.6 is 11.8 Å². The Kier molecular flexibility index (Phi) is 9.87. The number of thioether (sulfide) groups is 1. The van der Waals surface area contributed by atoms with Gasteiger partial charge in [0.25, 0.3) is 5.56 Å². The molecule has 0 unspecified atom stereocenters. The molecule has 0 radical (unpaired) electrons. The number of anilines is 2.